The van der Waals surface area contributed by atoms with Gasteiger partial charge in [0.2, 0.25) is 0 Å². The fourth-order valence-corrected chi connectivity index (χ4v) is 1.57. The van der Waals surface area contributed by atoms with Crippen molar-refractivity contribution < 1.29 is 22.7 Å². The summed E-state index contributed by atoms with van der Waals surface area (Å²) in [5, 5.41) is 2.43. The molecule has 0 heterocycles. The van der Waals surface area contributed by atoms with Crippen LogP contribution in [0.3, 0.4) is 0 Å². The lowest BCUT2D eigenvalue weighted by atomic mass is 10.0. The predicted octanol–water partition coefficient (Wildman–Crippen LogP) is 3.23. The average molecular weight is 304 g/mol. The second kappa shape index (κ2) is 6.34. The maximum absolute atomic E-state index is 12.6. The zero-order valence-corrected chi connectivity index (χ0v) is 12.1. The Morgan fingerprint density at radius 1 is 1.33 bits per heavy atom. The van der Waals surface area contributed by atoms with Crippen molar-refractivity contribution in [2.45, 2.75) is 38.6 Å². The number of nitrogens with two attached hydrogens (primary N) is 1. The first-order chi connectivity index (χ1) is 9.49. The van der Waals surface area contributed by atoms with Crippen molar-refractivity contribution in [1.29, 1.82) is 0 Å². The zero-order chi connectivity index (χ0) is 16.3. The van der Waals surface area contributed by atoms with Gasteiger partial charge in [0.25, 0.3) is 0 Å². The van der Waals surface area contributed by atoms with Crippen LogP contribution in [0.4, 0.5) is 18.0 Å². The van der Waals surface area contributed by atoms with Crippen molar-refractivity contribution in [3.63, 3.8) is 0 Å². The molecule has 0 radical (unpaired) electrons. The first-order valence-corrected chi connectivity index (χ1v) is 6.38. The predicted molar refractivity (Wildman–Crippen MR) is 72.6 cm³/mol. The van der Waals surface area contributed by atoms with Gasteiger partial charge in [0, 0.05) is 12.6 Å². The third kappa shape index (κ3) is 6.03. The quantitative estimate of drug-likeness (QED) is 0.901. The highest BCUT2D eigenvalue weighted by atomic mass is 19.4. The molecule has 1 amide bonds. The molecule has 0 fully saturated rings. The second-order valence-corrected chi connectivity index (χ2v) is 5.61. The highest BCUT2D eigenvalue weighted by Crippen LogP contribution is 2.30. The van der Waals surface area contributed by atoms with Gasteiger partial charge in [-0.2, -0.15) is 13.2 Å². The summed E-state index contributed by atoms with van der Waals surface area (Å²) in [5.41, 5.74) is 4.66. The maximum atomic E-state index is 12.6. The lowest BCUT2D eigenvalue weighted by Gasteiger charge is -2.21. The highest BCUT2D eigenvalue weighted by Gasteiger charge is 2.30. The highest BCUT2D eigenvalue weighted by molar-refractivity contribution is 5.67. The summed E-state index contributed by atoms with van der Waals surface area (Å²) in [7, 11) is 0. The molecule has 1 aromatic carbocycles. The lowest BCUT2D eigenvalue weighted by molar-refractivity contribution is -0.137. The third-order valence-electron chi connectivity index (χ3n) is 2.51. The molecule has 0 aliphatic carbocycles. The molecule has 7 heteroatoms. The van der Waals surface area contributed by atoms with E-state index in [-0.39, 0.29) is 6.54 Å². The molecule has 0 saturated heterocycles. The maximum Gasteiger partial charge on any atom is 0.416 e. The minimum absolute atomic E-state index is 0.0176. The molecule has 0 bridgehead atoms. The van der Waals surface area contributed by atoms with Crippen LogP contribution in [0.15, 0.2) is 24.3 Å². The van der Waals surface area contributed by atoms with E-state index in [4.69, 9.17) is 10.5 Å². The van der Waals surface area contributed by atoms with Gasteiger partial charge in [0.15, 0.2) is 0 Å². The van der Waals surface area contributed by atoms with Gasteiger partial charge in [0.05, 0.1) is 5.56 Å². The molecule has 1 atom stereocenters. The molecular formula is C14H19F3N2O2. The minimum Gasteiger partial charge on any atom is -0.444 e. The molecular weight excluding hydrogens is 285 g/mol. The van der Waals surface area contributed by atoms with E-state index in [1.54, 1.807) is 20.8 Å². The molecule has 1 aromatic rings. The largest absolute Gasteiger partial charge is 0.444 e. The average Bonchev–Trinajstić information content (AvgIpc) is 2.33. The third-order valence-corrected chi connectivity index (χ3v) is 2.51. The Morgan fingerprint density at radius 3 is 2.48 bits per heavy atom. The van der Waals surface area contributed by atoms with E-state index in [1.165, 1.54) is 12.1 Å². The molecule has 1 rings (SSSR count). The van der Waals surface area contributed by atoms with Gasteiger partial charge in [-0.3, -0.25) is 0 Å². The SMILES string of the molecule is CC(C)(C)OC(=O)NC[C@@H](N)c1cccc(C(F)(F)F)c1. The lowest BCUT2D eigenvalue weighted by Crippen LogP contribution is -2.36. The van der Waals surface area contributed by atoms with Crippen LogP contribution in [-0.2, 0) is 10.9 Å². The molecule has 0 unspecified atom stereocenters. The van der Waals surface area contributed by atoms with Gasteiger partial charge in [-0.25, -0.2) is 4.79 Å². The number of rotatable bonds is 3. The molecule has 0 spiro atoms. The number of hydrogen-bond acceptors (Lipinski definition) is 3. The van der Waals surface area contributed by atoms with E-state index >= 15 is 0 Å². The Balaban J connectivity index is 2.64. The van der Waals surface area contributed by atoms with Crippen molar-refractivity contribution in [1.82, 2.24) is 5.32 Å². The molecule has 0 saturated carbocycles. The summed E-state index contributed by atoms with van der Waals surface area (Å²) in [6, 6.07) is 3.96. The van der Waals surface area contributed by atoms with E-state index in [0.717, 1.165) is 12.1 Å². The Labute approximate surface area is 121 Å². The Hall–Kier alpha value is -1.76. The number of carbonyl (C=O) groups is 1. The minimum atomic E-state index is -4.42. The molecule has 0 aliphatic rings. The van der Waals surface area contributed by atoms with Crippen LogP contribution in [0.25, 0.3) is 0 Å². The van der Waals surface area contributed by atoms with Crippen LogP contribution < -0.4 is 11.1 Å². The van der Waals surface area contributed by atoms with Gasteiger partial charge in [-0.15, -0.1) is 0 Å². The summed E-state index contributed by atoms with van der Waals surface area (Å²) in [4.78, 5) is 11.5. The Bertz CT molecular complexity index is 496. The van der Waals surface area contributed by atoms with Gasteiger partial charge in [-0.05, 0) is 38.5 Å². The summed E-state index contributed by atoms with van der Waals surface area (Å²) in [6.45, 7) is 5.11. The summed E-state index contributed by atoms with van der Waals surface area (Å²) in [6.07, 6.45) is -5.08. The molecule has 3 N–H and O–H groups in total. The van der Waals surface area contributed by atoms with E-state index in [1.807, 2.05) is 0 Å². The molecule has 4 nitrogen and oxygen atoms in total. The topological polar surface area (TPSA) is 64.3 Å². The number of amides is 1. The van der Waals surface area contributed by atoms with Crippen molar-refractivity contribution in [3.8, 4) is 0 Å². The fourth-order valence-electron chi connectivity index (χ4n) is 1.57. The second-order valence-electron chi connectivity index (χ2n) is 5.61. The summed E-state index contributed by atoms with van der Waals surface area (Å²) < 4.78 is 42.8. The smallest absolute Gasteiger partial charge is 0.416 e. The standard InChI is InChI=1S/C14H19F3N2O2/c1-13(2,3)21-12(20)19-8-11(18)9-5-4-6-10(7-9)14(15,16)17/h4-7,11H,8,18H2,1-3H3,(H,19,20)/t11-/m1/s1. The van der Waals surface area contributed by atoms with Crippen LogP contribution in [-0.4, -0.2) is 18.2 Å². The van der Waals surface area contributed by atoms with Crippen LogP contribution in [0.5, 0.6) is 0 Å². The number of carbonyl (C=O) groups excluding carboxylic acids is 1. The zero-order valence-electron chi connectivity index (χ0n) is 12.1. The Morgan fingerprint density at radius 2 is 1.95 bits per heavy atom. The fraction of sp³-hybridized carbons (Fsp3) is 0.500. The van der Waals surface area contributed by atoms with Gasteiger partial charge in [0.1, 0.15) is 5.60 Å². The van der Waals surface area contributed by atoms with Crippen LogP contribution in [0, 0.1) is 0 Å². The molecule has 0 aromatic heterocycles. The van der Waals surface area contributed by atoms with Crippen molar-refractivity contribution in [2.75, 3.05) is 6.54 Å². The van der Waals surface area contributed by atoms with Crippen LogP contribution in [0.2, 0.25) is 0 Å². The summed E-state index contributed by atoms with van der Waals surface area (Å²) >= 11 is 0. The van der Waals surface area contributed by atoms with Gasteiger partial charge < -0.3 is 15.8 Å². The van der Waals surface area contributed by atoms with Gasteiger partial charge >= 0.3 is 12.3 Å². The number of alkyl carbamates (subject to hydrolysis) is 1. The van der Waals surface area contributed by atoms with Crippen LogP contribution in [0.1, 0.15) is 37.9 Å². The number of hydrogen-bond donors (Lipinski definition) is 2. The van der Waals surface area contributed by atoms with Crippen molar-refractivity contribution in [2.24, 2.45) is 5.73 Å². The number of alkyl halides is 3. The van der Waals surface area contributed by atoms with Crippen molar-refractivity contribution >= 4 is 6.09 Å². The van der Waals surface area contributed by atoms with Gasteiger partial charge in [-0.1, -0.05) is 12.1 Å². The van der Waals surface area contributed by atoms with E-state index in [2.05, 4.69) is 5.32 Å². The first kappa shape index (κ1) is 17.3. The van der Waals surface area contributed by atoms with Crippen LogP contribution >= 0.6 is 0 Å². The molecule has 118 valence electrons. The number of halogens is 3. The number of ether oxygens (including phenoxy) is 1. The number of benzene rings is 1. The van der Waals surface area contributed by atoms with E-state index < -0.39 is 29.5 Å². The molecule has 21 heavy (non-hydrogen) atoms. The molecule has 0 aliphatic heterocycles. The van der Waals surface area contributed by atoms with Crippen molar-refractivity contribution in [3.05, 3.63) is 35.4 Å². The Kier molecular flexibility index (Phi) is 5.22. The number of nitrogens with one attached hydrogen (secondary N) is 1. The monoisotopic (exact) mass is 304 g/mol. The summed E-state index contributed by atoms with van der Waals surface area (Å²) in [5.74, 6) is 0. The van der Waals surface area contributed by atoms with E-state index in [0.29, 0.717) is 5.56 Å². The normalized spacial score (nSPS) is 13.7. The first-order valence-electron chi connectivity index (χ1n) is 6.38. The van der Waals surface area contributed by atoms with E-state index in [9.17, 15) is 18.0 Å².